The van der Waals surface area contributed by atoms with Crippen LogP contribution < -0.4 is 0 Å². The molecule has 1 atom stereocenters. The molecule has 1 saturated heterocycles. The Morgan fingerprint density at radius 3 is 1.50 bits per heavy atom. The normalized spacial score (nSPS) is 21.2. The van der Waals surface area contributed by atoms with Crippen LogP contribution in [0.25, 0.3) is 0 Å². The Hall–Kier alpha value is 0.0569. The van der Waals surface area contributed by atoms with Gasteiger partial charge in [-0.2, -0.15) is 0 Å². The molecule has 4 nitrogen and oxygen atoms in total. The molecule has 180 valence electrons. The molecule has 0 bridgehead atoms. The van der Waals surface area contributed by atoms with Crippen molar-refractivity contribution in [3.63, 3.8) is 0 Å². The number of unbranched alkanes of at least 4 members (excludes halogenated alkanes) is 15. The summed E-state index contributed by atoms with van der Waals surface area (Å²) < 4.78 is 23.4. The average molecular weight is 445 g/mol. The molecule has 1 unspecified atom stereocenters. The fourth-order valence-corrected chi connectivity index (χ4v) is 7.00. The van der Waals surface area contributed by atoms with E-state index in [0.717, 1.165) is 31.7 Å². The second-order valence-electron chi connectivity index (χ2n) is 9.21. The van der Waals surface area contributed by atoms with Crippen LogP contribution in [0.1, 0.15) is 129 Å². The third kappa shape index (κ3) is 11.6. The Labute approximate surface area is 189 Å². The summed E-state index contributed by atoms with van der Waals surface area (Å²) in [5.74, 6) is -0.494. The lowest BCUT2D eigenvalue weighted by Crippen LogP contribution is -2.56. The highest BCUT2D eigenvalue weighted by molar-refractivity contribution is 6.60. The monoisotopic (exact) mass is 444 g/mol. The van der Waals surface area contributed by atoms with E-state index >= 15 is 0 Å². The predicted octanol–water partition coefficient (Wildman–Crippen LogP) is 8.02. The van der Waals surface area contributed by atoms with E-state index in [9.17, 15) is 0 Å². The molecule has 0 aromatic heterocycles. The summed E-state index contributed by atoms with van der Waals surface area (Å²) in [6.07, 6.45) is 25.2. The summed E-state index contributed by atoms with van der Waals surface area (Å²) in [5, 5.41) is 0. The summed E-state index contributed by atoms with van der Waals surface area (Å²) in [5.41, 5.74) is 0. The fraction of sp³-hybridized carbons (Fsp3) is 1.00. The van der Waals surface area contributed by atoms with Crippen LogP contribution in [-0.2, 0) is 18.0 Å². The van der Waals surface area contributed by atoms with Crippen molar-refractivity contribution >= 4 is 8.80 Å². The third-order valence-electron chi connectivity index (χ3n) is 6.79. The van der Waals surface area contributed by atoms with E-state index in [-0.39, 0.29) is 0 Å². The highest BCUT2D eigenvalue weighted by atomic mass is 28.4. The van der Waals surface area contributed by atoms with Crippen LogP contribution in [0.3, 0.4) is 0 Å². The number of ether oxygens (including phenoxy) is 1. The van der Waals surface area contributed by atoms with Gasteiger partial charge < -0.3 is 18.0 Å². The Morgan fingerprint density at radius 1 is 0.667 bits per heavy atom. The smallest absolute Gasteiger partial charge is 0.377 e. The van der Waals surface area contributed by atoms with Crippen molar-refractivity contribution in [1.82, 2.24) is 0 Å². The zero-order chi connectivity index (χ0) is 22.0. The van der Waals surface area contributed by atoms with Gasteiger partial charge in [0.2, 0.25) is 0 Å². The van der Waals surface area contributed by atoms with Crippen LogP contribution in [0.15, 0.2) is 0 Å². The second kappa shape index (κ2) is 17.6. The van der Waals surface area contributed by atoms with E-state index in [1.54, 1.807) is 21.3 Å². The van der Waals surface area contributed by atoms with E-state index in [1.807, 2.05) is 0 Å². The molecule has 5 heteroatoms. The van der Waals surface area contributed by atoms with E-state index in [1.165, 1.54) is 96.3 Å². The molecule has 1 aliphatic rings. The van der Waals surface area contributed by atoms with Crippen molar-refractivity contribution in [1.29, 1.82) is 0 Å². The maximum atomic E-state index is 6.31. The van der Waals surface area contributed by atoms with Gasteiger partial charge in [0.15, 0.2) is 5.79 Å². The van der Waals surface area contributed by atoms with Gasteiger partial charge in [-0.25, -0.2) is 0 Å². The van der Waals surface area contributed by atoms with Crippen LogP contribution in [0.2, 0.25) is 6.04 Å². The van der Waals surface area contributed by atoms with Crippen molar-refractivity contribution in [2.24, 2.45) is 0 Å². The molecule has 1 fully saturated rings. The standard InChI is InChI=1S/C25H52O4Si/c1-5-6-7-8-9-10-11-12-13-14-15-16-17-18-19-20-22-25(26-2)23-21-24-30(27-3,28-4)29-25/h5-24H2,1-4H3. The molecule has 0 N–H and O–H groups in total. The summed E-state index contributed by atoms with van der Waals surface area (Å²) in [6.45, 7) is 2.29. The average Bonchev–Trinajstić information content (AvgIpc) is 2.78. The zero-order valence-electron chi connectivity index (χ0n) is 20.8. The maximum Gasteiger partial charge on any atom is 0.502 e. The molecule has 0 aromatic rings. The summed E-state index contributed by atoms with van der Waals surface area (Å²) in [7, 11) is 2.65. The van der Waals surface area contributed by atoms with Gasteiger partial charge in [-0.1, -0.05) is 103 Å². The summed E-state index contributed by atoms with van der Waals surface area (Å²) in [4.78, 5) is 0. The molecule has 0 saturated carbocycles. The van der Waals surface area contributed by atoms with E-state index in [0.29, 0.717) is 0 Å². The number of methoxy groups -OCH3 is 1. The molecule has 1 heterocycles. The Kier molecular flexibility index (Phi) is 16.5. The minimum Gasteiger partial charge on any atom is -0.377 e. The molecular weight excluding hydrogens is 392 g/mol. The van der Waals surface area contributed by atoms with E-state index < -0.39 is 14.6 Å². The number of rotatable bonds is 20. The van der Waals surface area contributed by atoms with Gasteiger partial charge in [-0.15, -0.1) is 0 Å². The van der Waals surface area contributed by atoms with Gasteiger partial charge in [-0.3, -0.25) is 0 Å². The van der Waals surface area contributed by atoms with Gasteiger partial charge >= 0.3 is 8.80 Å². The van der Waals surface area contributed by atoms with Gasteiger partial charge in [0.25, 0.3) is 0 Å². The minimum absolute atomic E-state index is 0.494. The molecule has 0 aliphatic carbocycles. The highest BCUT2D eigenvalue weighted by Gasteiger charge is 2.51. The molecular formula is C25H52O4Si. The molecule has 30 heavy (non-hydrogen) atoms. The van der Waals surface area contributed by atoms with Crippen LogP contribution in [0.4, 0.5) is 0 Å². The SMILES string of the molecule is CCCCCCCCCCCCCCCCCCC1(OC)CCC[Si](OC)(OC)O1. The Bertz CT molecular complexity index is 389. The zero-order valence-corrected chi connectivity index (χ0v) is 21.8. The lowest BCUT2D eigenvalue weighted by molar-refractivity contribution is -0.211. The van der Waals surface area contributed by atoms with Crippen molar-refractivity contribution in [2.75, 3.05) is 21.3 Å². The van der Waals surface area contributed by atoms with Gasteiger partial charge in [-0.05, 0) is 12.8 Å². The Balaban J connectivity index is 1.95. The van der Waals surface area contributed by atoms with Crippen molar-refractivity contribution in [3.05, 3.63) is 0 Å². The minimum atomic E-state index is -2.52. The molecule has 0 spiro atoms. The van der Waals surface area contributed by atoms with Crippen LogP contribution in [0, 0.1) is 0 Å². The van der Waals surface area contributed by atoms with Crippen molar-refractivity contribution in [2.45, 2.75) is 141 Å². The summed E-state index contributed by atoms with van der Waals surface area (Å²) >= 11 is 0. The lowest BCUT2D eigenvalue weighted by atomic mass is 10.0. The number of hydrogen-bond donors (Lipinski definition) is 0. The quantitative estimate of drug-likeness (QED) is 0.141. The first-order valence-electron chi connectivity index (χ1n) is 13.0. The van der Waals surface area contributed by atoms with Crippen molar-refractivity contribution < 1.29 is 18.0 Å². The van der Waals surface area contributed by atoms with E-state index in [2.05, 4.69) is 6.92 Å². The fourth-order valence-electron chi connectivity index (χ4n) is 4.69. The van der Waals surface area contributed by atoms with Crippen molar-refractivity contribution in [3.8, 4) is 0 Å². The van der Waals surface area contributed by atoms with Crippen LogP contribution in [0.5, 0.6) is 0 Å². The largest absolute Gasteiger partial charge is 0.502 e. The molecule has 1 aliphatic heterocycles. The molecule has 0 radical (unpaired) electrons. The van der Waals surface area contributed by atoms with E-state index in [4.69, 9.17) is 18.0 Å². The van der Waals surface area contributed by atoms with Crippen LogP contribution in [-0.4, -0.2) is 35.9 Å². The molecule has 1 rings (SSSR count). The first-order chi connectivity index (χ1) is 14.7. The predicted molar refractivity (Wildman–Crippen MR) is 129 cm³/mol. The number of hydrogen-bond acceptors (Lipinski definition) is 4. The molecule has 0 aromatic carbocycles. The first-order valence-corrected chi connectivity index (χ1v) is 14.9. The lowest BCUT2D eigenvalue weighted by Gasteiger charge is -2.43. The Morgan fingerprint density at radius 2 is 1.10 bits per heavy atom. The summed E-state index contributed by atoms with van der Waals surface area (Å²) in [6, 6.07) is 0.893. The maximum absolute atomic E-state index is 6.31. The van der Waals surface area contributed by atoms with Gasteiger partial charge in [0, 0.05) is 40.2 Å². The third-order valence-corrected chi connectivity index (χ3v) is 9.68. The second-order valence-corrected chi connectivity index (χ2v) is 12.1. The topological polar surface area (TPSA) is 36.9 Å². The first kappa shape index (κ1) is 28.1. The van der Waals surface area contributed by atoms with Gasteiger partial charge in [0.1, 0.15) is 0 Å². The highest BCUT2D eigenvalue weighted by Crippen LogP contribution is 2.38. The molecule has 0 amide bonds. The van der Waals surface area contributed by atoms with Crippen LogP contribution >= 0.6 is 0 Å². The van der Waals surface area contributed by atoms with Gasteiger partial charge in [0.05, 0.1) is 0 Å².